The highest BCUT2D eigenvalue weighted by Crippen LogP contribution is 2.31. The summed E-state index contributed by atoms with van der Waals surface area (Å²) in [5.74, 6) is 0.818. The van der Waals surface area contributed by atoms with E-state index in [1.54, 1.807) is 31.4 Å². The van der Waals surface area contributed by atoms with Gasteiger partial charge in [0.1, 0.15) is 5.75 Å². The Bertz CT molecular complexity index is 685. The van der Waals surface area contributed by atoms with Crippen molar-refractivity contribution in [2.45, 2.75) is 6.04 Å². The standard InChI is InChI=1S/C18H21N3O2/c1-23-17-5-3-2-4-15(17)16-12-20-10-11-21(16)18(22)13-6-8-14(19)9-7-13/h2-9,16,20H,10-12,19H2,1H3. The molecule has 1 atom stereocenters. The lowest BCUT2D eigenvalue weighted by molar-refractivity contribution is 0.0631. The number of amides is 1. The Balaban J connectivity index is 1.92. The van der Waals surface area contributed by atoms with Gasteiger partial charge in [-0.2, -0.15) is 0 Å². The van der Waals surface area contributed by atoms with Crippen molar-refractivity contribution < 1.29 is 9.53 Å². The monoisotopic (exact) mass is 311 g/mol. The summed E-state index contributed by atoms with van der Waals surface area (Å²) in [6.07, 6.45) is 0. The number of piperazine rings is 1. The van der Waals surface area contributed by atoms with E-state index in [1.165, 1.54) is 0 Å². The largest absolute Gasteiger partial charge is 0.496 e. The van der Waals surface area contributed by atoms with Crippen molar-refractivity contribution in [1.29, 1.82) is 0 Å². The van der Waals surface area contributed by atoms with Gasteiger partial charge in [0.05, 0.1) is 13.2 Å². The second-order valence-electron chi connectivity index (χ2n) is 5.58. The van der Waals surface area contributed by atoms with E-state index in [-0.39, 0.29) is 11.9 Å². The van der Waals surface area contributed by atoms with Crippen molar-refractivity contribution in [2.75, 3.05) is 32.5 Å². The highest BCUT2D eigenvalue weighted by Gasteiger charge is 2.30. The molecule has 0 spiro atoms. The van der Waals surface area contributed by atoms with Crippen LogP contribution in [-0.4, -0.2) is 37.6 Å². The Kier molecular flexibility index (Phi) is 4.48. The van der Waals surface area contributed by atoms with E-state index in [0.717, 1.165) is 17.9 Å². The molecule has 0 bridgehead atoms. The van der Waals surface area contributed by atoms with Gasteiger partial charge in [-0.05, 0) is 30.3 Å². The molecule has 1 saturated heterocycles. The number of methoxy groups -OCH3 is 1. The van der Waals surface area contributed by atoms with Crippen LogP contribution >= 0.6 is 0 Å². The van der Waals surface area contributed by atoms with Gasteiger partial charge in [-0.25, -0.2) is 0 Å². The summed E-state index contributed by atoms with van der Waals surface area (Å²) in [6, 6.07) is 14.9. The van der Waals surface area contributed by atoms with Crippen LogP contribution in [0.25, 0.3) is 0 Å². The lowest BCUT2D eigenvalue weighted by Gasteiger charge is -2.37. The predicted molar refractivity (Wildman–Crippen MR) is 90.5 cm³/mol. The van der Waals surface area contributed by atoms with Crippen molar-refractivity contribution in [2.24, 2.45) is 0 Å². The first-order valence-electron chi connectivity index (χ1n) is 7.71. The molecule has 3 rings (SSSR count). The fraction of sp³-hybridized carbons (Fsp3) is 0.278. The van der Waals surface area contributed by atoms with Crippen molar-refractivity contribution in [1.82, 2.24) is 10.2 Å². The zero-order chi connectivity index (χ0) is 16.2. The number of nitrogens with two attached hydrogens (primary N) is 1. The number of benzene rings is 2. The second-order valence-corrected chi connectivity index (χ2v) is 5.58. The molecule has 1 heterocycles. The molecule has 120 valence electrons. The lowest BCUT2D eigenvalue weighted by atomic mass is 10.0. The molecule has 1 aliphatic rings. The fourth-order valence-electron chi connectivity index (χ4n) is 2.96. The van der Waals surface area contributed by atoms with E-state index in [9.17, 15) is 4.79 Å². The molecule has 23 heavy (non-hydrogen) atoms. The average Bonchev–Trinajstić information content (AvgIpc) is 2.62. The Morgan fingerprint density at radius 1 is 1.22 bits per heavy atom. The molecule has 0 aliphatic carbocycles. The van der Waals surface area contributed by atoms with Gasteiger partial charge in [0, 0.05) is 36.4 Å². The first kappa shape index (κ1) is 15.4. The minimum Gasteiger partial charge on any atom is -0.496 e. The minimum atomic E-state index is -0.0510. The number of anilines is 1. The summed E-state index contributed by atoms with van der Waals surface area (Å²) >= 11 is 0. The first-order valence-corrected chi connectivity index (χ1v) is 7.71. The van der Waals surface area contributed by atoms with Crippen LogP contribution in [0.4, 0.5) is 5.69 Å². The molecule has 0 saturated carbocycles. The van der Waals surface area contributed by atoms with Gasteiger partial charge in [0.2, 0.25) is 0 Å². The number of nitrogens with zero attached hydrogens (tertiary/aromatic N) is 1. The van der Waals surface area contributed by atoms with E-state index in [1.807, 2.05) is 29.2 Å². The predicted octanol–water partition coefficient (Wildman–Crippen LogP) is 2.06. The molecule has 2 aromatic carbocycles. The van der Waals surface area contributed by atoms with Crippen LogP contribution in [0.3, 0.4) is 0 Å². The van der Waals surface area contributed by atoms with Gasteiger partial charge >= 0.3 is 0 Å². The molecule has 1 unspecified atom stereocenters. The van der Waals surface area contributed by atoms with Gasteiger partial charge in [0.15, 0.2) is 0 Å². The van der Waals surface area contributed by atoms with Crippen molar-refractivity contribution >= 4 is 11.6 Å². The maximum atomic E-state index is 12.9. The van der Waals surface area contributed by atoms with Gasteiger partial charge in [0.25, 0.3) is 5.91 Å². The molecule has 5 nitrogen and oxygen atoms in total. The van der Waals surface area contributed by atoms with E-state index in [0.29, 0.717) is 24.3 Å². The summed E-state index contributed by atoms with van der Waals surface area (Å²) < 4.78 is 5.47. The number of nitrogen functional groups attached to an aromatic ring is 1. The van der Waals surface area contributed by atoms with Crippen LogP contribution in [0.2, 0.25) is 0 Å². The summed E-state index contributed by atoms with van der Waals surface area (Å²) in [5, 5.41) is 3.36. The first-order chi connectivity index (χ1) is 11.2. The molecule has 3 N–H and O–H groups in total. The van der Waals surface area contributed by atoms with Crippen LogP contribution < -0.4 is 15.8 Å². The van der Waals surface area contributed by atoms with Crippen molar-refractivity contribution in [3.8, 4) is 5.75 Å². The quantitative estimate of drug-likeness (QED) is 0.852. The zero-order valence-electron chi connectivity index (χ0n) is 13.2. The van der Waals surface area contributed by atoms with Crippen LogP contribution in [0.5, 0.6) is 5.75 Å². The molecular weight excluding hydrogens is 290 g/mol. The average molecular weight is 311 g/mol. The van der Waals surface area contributed by atoms with Crippen LogP contribution in [-0.2, 0) is 0 Å². The third kappa shape index (κ3) is 3.14. The van der Waals surface area contributed by atoms with Gasteiger partial charge in [-0.1, -0.05) is 18.2 Å². The molecular formula is C18H21N3O2. The number of para-hydroxylation sites is 1. The minimum absolute atomic E-state index is 0.0161. The summed E-state index contributed by atoms with van der Waals surface area (Å²) in [4.78, 5) is 14.8. The molecule has 0 aromatic heterocycles. The van der Waals surface area contributed by atoms with Crippen LogP contribution in [0.15, 0.2) is 48.5 Å². The highest BCUT2D eigenvalue weighted by atomic mass is 16.5. The van der Waals surface area contributed by atoms with Gasteiger partial charge in [-0.3, -0.25) is 4.79 Å². The number of nitrogens with one attached hydrogen (secondary N) is 1. The zero-order valence-corrected chi connectivity index (χ0v) is 13.2. The van der Waals surface area contributed by atoms with Crippen LogP contribution in [0.1, 0.15) is 22.0 Å². The third-order valence-electron chi connectivity index (χ3n) is 4.16. The summed E-state index contributed by atoms with van der Waals surface area (Å²) in [7, 11) is 1.65. The van der Waals surface area contributed by atoms with E-state index < -0.39 is 0 Å². The number of hydrogen-bond donors (Lipinski definition) is 2. The van der Waals surface area contributed by atoms with Crippen molar-refractivity contribution in [3.05, 3.63) is 59.7 Å². The number of carbonyl (C=O) groups is 1. The van der Waals surface area contributed by atoms with Crippen LogP contribution in [0, 0.1) is 0 Å². The third-order valence-corrected chi connectivity index (χ3v) is 4.16. The van der Waals surface area contributed by atoms with E-state index in [4.69, 9.17) is 10.5 Å². The Labute approximate surface area is 136 Å². The topological polar surface area (TPSA) is 67.6 Å². The molecule has 5 heteroatoms. The number of hydrogen-bond acceptors (Lipinski definition) is 4. The number of rotatable bonds is 3. The maximum Gasteiger partial charge on any atom is 0.254 e. The molecule has 1 amide bonds. The fourth-order valence-corrected chi connectivity index (χ4v) is 2.96. The van der Waals surface area contributed by atoms with E-state index >= 15 is 0 Å². The molecule has 1 aliphatic heterocycles. The number of carbonyl (C=O) groups excluding carboxylic acids is 1. The number of ether oxygens (including phenoxy) is 1. The Hall–Kier alpha value is -2.53. The Morgan fingerprint density at radius 3 is 2.70 bits per heavy atom. The normalized spacial score (nSPS) is 17.8. The molecule has 2 aromatic rings. The second kappa shape index (κ2) is 6.71. The smallest absolute Gasteiger partial charge is 0.254 e. The maximum absolute atomic E-state index is 12.9. The lowest BCUT2D eigenvalue weighted by Crippen LogP contribution is -2.48. The highest BCUT2D eigenvalue weighted by molar-refractivity contribution is 5.95. The molecule has 1 fully saturated rings. The summed E-state index contributed by atoms with van der Waals surface area (Å²) in [5.41, 5.74) is 8.04. The summed E-state index contributed by atoms with van der Waals surface area (Å²) in [6.45, 7) is 2.15. The SMILES string of the molecule is COc1ccccc1C1CNCCN1C(=O)c1ccc(N)cc1. The van der Waals surface area contributed by atoms with Crippen molar-refractivity contribution in [3.63, 3.8) is 0 Å². The van der Waals surface area contributed by atoms with Gasteiger partial charge in [-0.15, -0.1) is 0 Å². The van der Waals surface area contributed by atoms with Gasteiger partial charge < -0.3 is 20.7 Å². The molecule has 0 radical (unpaired) electrons. The van der Waals surface area contributed by atoms with E-state index in [2.05, 4.69) is 5.32 Å². The Morgan fingerprint density at radius 2 is 1.96 bits per heavy atom.